The highest BCUT2D eigenvalue weighted by Crippen LogP contribution is 2.31. The summed E-state index contributed by atoms with van der Waals surface area (Å²) in [4.78, 5) is 16.5. The summed E-state index contributed by atoms with van der Waals surface area (Å²) in [6.45, 7) is 0. The van der Waals surface area contributed by atoms with Crippen LogP contribution in [-0.2, 0) is 0 Å². The van der Waals surface area contributed by atoms with Crippen molar-refractivity contribution in [3.63, 3.8) is 0 Å². The Morgan fingerprint density at radius 1 is 1.12 bits per heavy atom. The molecule has 1 saturated carbocycles. The molecule has 7 heteroatoms. The molecule has 0 radical (unpaired) electrons. The van der Waals surface area contributed by atoms with E-state index in [0.29, 0.717) is 28.1 Å². The van der Waals surface area contributed by atoms with Gasteiger partial charge in [0.1, 0.15) is 5.69 Å². The van der Waals surface area contributed by atoms with E-state index in [0.717, 1.165) is 24.1 Å². The Balaban J connectivity index is 1.54. The molecular formula is C18H16ClN5O. The van der Waals surface area contributed by atoms with Gasteiger partial charge in [-0.3, -0.25) is 14.9 Å². The third-order valence-corrected chi connectivity index (χ3v) is 4.20. The summed E-state index contributed by atoms with van der Waals surface area (Å²) in [6.07, 6.45) is 5.66. The van der Waals surface area contributed by atoms with E-state index in [1.807, 2.05) is 18.2 Å². The zero-order valence-electron chi connectivity index (χ0n) is 13.3. The molecule has 0 saturated heterocycles. The van der Waals surface area contributed by atoms with Gasteiger partial charge in [0.25, 0.3) is 5.91 Å². The number of nitrogens with one attached hydrogen (secondary N) is 3. The van der Waals surface area contributed by atoms with Crippen molar-refractivity contribution < 1.29 is 4.79 Å². The van der Waals surface area contributed by atoms with E-state index in [-0.39, 0.29) is 5.91 Å². The van der Waals surface area contributed by atoms with E-state index in [1.54, 1.807) is 30.6 Å². The molecule has 2 heterocycles. The van der Waals surface area contributed by atoms with E-state index < -0.39 is 0 Å². The number of carbonyl (C=O) groups is 1. The first-order valence-electron chi connectivity index (χ1n) is 8.02. The normalized spacial score (nSPS) is 13.5. The average molecular weight is 354 g/mol. The Morgan fingerprint density at radius 3 is 2.68 bits per heavy atom. The third-order valence-electron chi connectivity index (χ3n) is 3.97. The summed E-state index contributed by atoms with van der Waals surface area (Å²) in [6, 6.07) is 11.3. The van der Waals surface area contributed by atoms with Gasteiger partial charge in [-0.05, 0) is 49.2 Å². The molecule has 6 nitrogen and oxygen atoms in total. The fraction of sp³-hybridized carbons (Fsp3) is 0.167. The number of carbonyl (C=O) groups excluding carboxylic acids is 1. The number of aromatic nitrogens is 3. The van der Waals surface area contributed by atoms with Crippen molar-refractivity contribution in [1.29, 1.82) is 0 Å². The lowest BCUT2D eigenvalue weighted by Crippen LogP contribution is -2.14. The largest absolute Gasteiger partial charge is 0.381 e. The van der Waals surface area contributed by atoms with Crippen LogP contribution in [0, 0.1) is 0 Å². The number of nitrogens with zero attached hydrogens (tertiary/aromatic N) is 2. The molecule has 1 aliphatic rings. The molecule has 1 aliphatic carbocycles. The average Bonchev–Trinajstić information content (AvgIpc) is 3.30. The molecule has 3 N–H and O–H groups in total. The number of hydrogen-bond donors (Lipinski definition) is 3. The quantitative estimate of drug-likeness (QED) is 0.648. The molecule has 0 bridgehead atoms. The van der Waals surface area contributed by atoms with Crippen molar-refractivity contribution in [3.05, 3.63) is 59.5 Å². The van der Waals surface area contributed by atoms with Crippen LogP contribution in [0.25, 0.3) is 11.3 Å². The predicted octanol–water partition coefficient (Wildman–Crippen LogP) is 3.95. The van der Waals surface area contributed by atoms with Crippen molar-refractivity contribution in [2.24, 2.45) is 0 Å². The molecule has 0 unspecified atom stereocenters. The number of H-pyrrole nitrogens is 1. The van der Waals surface area contributed by atoms with Gasteiger partial charge in [-0.1, -0.05) is 11.6 Å². The van der Waals surface area contributed by atoms with Gasteiger partial charge in [0, 0.05) is 29.0 Å². The molecule has 1 aromatic carbocycles. The second-order valence-corrected chi connectivity index (χ2v) is 6.40. The van der Waals surface area contributed by atoms with E-state index in [1.165, 1.54) is 0 Å². The molecule has 0 atom stereocenters. The highest BCUT2D eigenvalue weighted by Gasteiger charge is 2.22. The number of halogens is 1. The summed E-state index contributed by atoms with van der Waals surface area (Å²) in [5, 5.41) is 13.8. The maximum absolute atomic E-state index is 12.6. The monoisotopic (exact) mass is 353 g/mol. The first-order chi connectivity index (χ1) is 12.2. The molecule has 1 amide bonds. The van der Waals surface area contributed by atoms with E-state index in [9.17, 15) is 4.79 Å². The van der Waals surface area contributed by atoms with Crippen molar-refractivity contribution in [3.8, 4) is 11.3 Å². The SMILES string of the molecule is O=C(Nc1cc(Cl)ccc1NC1CC1)c1cc(-c2ccncc2)n[nH]1. The van der Waals surface area contributed by atoms with E-state index in [2.05, 4.69) is 25.8 Å². The topological polar surface area (TPSA) is 82.7 Å². The third kappa shape index (κ3) is 3.64. The fourth-order valence-electron chi connectivity index (χ4n) is 2.49. The van der Waals surface area contributed by atoms with Crippen LogP contribution in [-0.4, -0.2) is 27.1 Å². The molecule has 3 aromatic rings. The van der Waals surface area contributed by atoms with Gasteiger partial charge in [0.15, 0.2) is 0 Å². The molecule has 25 heavy (non-hydrogen) atoms. The van der Waals surface area contributed by atoms with Gasteiger partial charge in [0.05, 0.1) is 17.1 Å². The second kappa shape index (κ2) is 6.57. The minimum atomic E-state index is -0.270. The number of aromatic amines is 1. The Kier molecular flexibility index (Phi) is 4.11. The first kappa shape index (κ1) is 15.7. The maximum Gasteiger partial charge on any atom is 0.273 e. The molecule has 1 fully saturated rings. The lowest BCUT2D eigenvalue weighted by atomic mass is 10.2. The molecule has 4 rings (SSSR count). The highest BCUT2D eigenvalue weighted by atomic mass is 35.5. The highest BCUT2D eigenvalue weighted by molar-refractivity contribution is 6.31. The smallest absolute Gasteiger partial charge is 0.273 e. The predicted molar refractivity (Wildman–Crippen MR) is 97.9 cm³/mol. The Labute approximate surface area is 149 Å². The Bertz CT molecular complexity index is 905. The Morgan fingerprint density at radius 2 is 1.92 bits per heavy atom. The molecule has 2 aromatic heterocycles. The maximum atomic E-state index is 12.6. The van der Waals surface area contributed by atoms with Crippen molar-refractivity contribution in [2.45, 2.75) is 18.9 Å². The fourth-order valence-corrected chi connectivity index (χ4v) is 2.66. The molecule has 0 aliphatic heterocycles. The van der Waals surface area contributed by atoms with Crippen molar-refractivity contribution in [2.75, 3.05) is 10.6 Å². The summed E-state index contributed by atoms with van der Waals surface area (Å²) >= 11 is 6.08. The lowest BCUT2D eigenvalue weighted by molar-refractivity contribution is 0.102. The van der Waals surface area contributed by atoms with Crippen LogP contribution in [0.4, 0.5) is 11.4 Å². The summed E-state index contributed by atoms with van der Waals surface area (Å²) in [5.41, 5.74) is 3.49. The van der Waals surface area contributed by atoms with Gasteiger partial charge in [-0.15, -0.1) is 0 Å². The molecule has 126 valence electrons. The van der Waals surface area contributed by atoms with Crippen LogP contribution in [0.5, 0.6) is 0 Å². The van der Waals surface area contributed by atoms with Crippen LogP contribution in [0.15, 0.2) is 48.8 Å². The zero-order valence-corrected chi connectivity index (χ0v) is 14.0. The van der Waals surface area contributed by atoms with Crippen LogP contribution in [0.1, 0.15) is 23.3 Å². The second-order valence-electron chi connectivity index (χ2n) is 5.97. The Hall–Kier alpha value is -2.86. The zero-order chi connectivity index (χ0) is 17.2. The van der Waals surface area contributed by atoms with Crippen LogP contribution < -0.4 is 10.6 Å². The number of anilines is 2. The van der Waals surface area contributed by atoms with Gasteiger partial charge in [-0.25, -0.2) is 0 Å². The van der Waals surface area contributed by atoms with Gasteiger partial charge in [0.2, 0.25) is 0 Å². The minimum Gasteiger partial charge on any atom is -0.381 e. The summed E-state index contributed by atoms with van der Waals surface area (Å²) < 4.78 is 0. The van der Waals surface area contributed by atoms with Crippen molar-refractivity contribution in [1.82, 2.24) is 15.2 Å². The van der Waals surface area contributed by atoms with Crippen LogP contribution in [0.2, 0.25) is 5.02 Å². The summed E-state index contributed by atoms with van der Waals surface area (Å²) in [7, 11) is 0. The lowest BCUT2D eigenvalue weighted by Gasteiger charge is -2.12. The summed E-state index contributed by atoms with van der Waals surface area (Å²) in [5.74, 6) is -0.270. The molecule has 0 spiro atoms. The number of rotatable bonds is 5. The van der Waals surface area contributed by atoms with Crippen LogP contribution >= 0.6 is 11.6 Å². The first-order valence-corrected chi connectivity index (χ1v) is 8.40. The van der Waals surface area contributed by atoms with Gasteiger partial charge in [-0.2, -0.15) is 5.10 Å². The number of benzene rings is 1. The van der Waals surface area contributed by atoms with Crippen LogP contribution in [0.3, 0.4) is 0 Å². The number of amides is 1. The van der Waals surface area contributed by atoms with E-state index >= 15 is 0 Å². The number of hydrogen-bond acceptors (Lipinski definition) is 4. The van der Waals surface area contributed by atoms with Gasteiger partial charge >= 0.3 is 0 Å². The van der Waals surface area contributed by atoms with Gasteiger partial charge < -0.3 is 10.6 Å². The van der Waals surface area contributed by atoms with E-state index in [4.69, 9.17) is 11.6 Å². The number of pyridine rings is 1. The molecular weight excluding hydrogens is 338 g/mol. The standard InChI is InChI=1S/C18H16ClN5O/c19-12-1-4-14(21-13-2-3-13)16(9-12)22-18(25)17-10-15(23-24-17)11-5-7-20-8-6-11/h1,4-10,13,21H,2-3H2,(H,22,25)(H,23,24). The minimum absolute atomic E-state index is 0.270. The van der Waals surface area contributed by atoms with Crippen molar-refractivity contribution >= 4 is 28.9 Å².